The zero-order chi connectivity index (χ0) is 32.1. The topological polar surface area (TPSA) is 15.7 Å². The summed E-state index contributed by atoms with van der Waals surface area (Å²) in [7, 11) is 25.1. The molecule has 0 radical (unpaired) electrons. The van der Waals surface area contributed by atoms with Crippen LogP contribution in [0.25, 0.3) is 0 Å². The minimum absolute atomic E-state index is 0.0102. The van der Waals surface area contributed by atoms with Gasteiger partial charge in [-0.15, -0.1) is 0 Å². The number of hydrogen-bond acceptors (Lipinski definition) is 3. The molecule has 1 saturated heterocycles. The molecule has 242 valence electrons. The first-order chi connectivity index (χ1) is 19.8. The summed E-state index contributed by atoms with van der Waals surface area (Å²) in [4.78, 5) is 4.73. The molecule has 1 aliphatic heterocycles. The van der Waals surface area contributed by atoms with Crippen molar-refractivity contribution in [2.75, 3.05) is 44.0 Å². The van der Waals surface area contributed by atoms with Crippen LogP contribution < -0.4 is 14.5 Å². The van der Waals surface area contributed by atoms with Gasteiger partial charge in [0.2, 0.25) is 0 Å². The third-order valence-corrected chi connectivity index (χ3v) is 14.6. The van der Waals surface area contributed by atoms with Crippen LogP contribution in [0.3, 0.4) is 0 Å². The van der Waals surface area contributed by atoms with Gasteiger partial charge in [0.15, 0.2) is 0 Å². The molecule has 4 nitrogen and oxygen atoms in total. The number of benzene rings is 3. The van der Waals surface area contributed by atoms with Crippen LogP contribution in [0.15, 0.2) is 48.5 Å². The Morgan fingerprint density at radius 3 is 1.81 bits per heavy atom. The second-order valence-corrected chi connectivity index (χ2v) is 30.3. The first-order valence-corrected chi connectivity index (χ1v) is 23.3. The number of ether oxygens (including phenoxy) is 1. The Hall–Kier alpha value is -1.75. The normalized spacial score (nSPS) is 17.0. The van der Waals surface area contributed by atoms with E-state index in [0.717, 1.165) is 38.1 Å². The molecule has 1 heterocycles. The number of likely N-dealkylation sites (N-methyl/N-ethyl adjacent to an activating group) is 1. The Labute approximate surface area is 271 Å². The van der Waals surface area contributed by atoms with Gasteiger partial charge in [-0.25, -0.2) is 0 Å². The number of aryl methyl sites for hydroxylation is 6. The van der Waals surface area contributed by atoms with E-state index in [2.05, 4.69) is 96.8 Å². The van der Waals surface area contributed by atoms with Gasteiger partial charge in [-0.05, 0) is 0 Å². The van der Waals surface area contributed by atoms with E-state index in [1.54, 1.807) is 0 Å². The molecule has 0 N–H and O–H groups in total. The van der Waals surface area contributed by atoms with E-state index in [0.29, 0.717) is 6.54 Å². The molecule has 0 spiro atoms. The van der Waals surface area contributed by atoms with Crippen LogP contribution in [0, 0.1) is 41.5 Å². The van der Waals surface area contributed by atoms with E-state index >= 15 is 0 Å². The van der Waals surface area contributed by atoms with Gasteiger partial charge in [-0.2, -0.15) is 0 Å². The number of halogens is 3. The van der Waals surface area contributed by atoms with Crippen molar-refractivity contribution in [2.45, 2.75) is 67.5 Å². The Morgan fingerprint density at radius 2 is 1.33 bits per heavy atom. The summed E-state index contributed by atoms with van der Waals surface area (Å²) < 4.78 is 9.67. The molecule has 4 rings (SSSR count). The van der Waals surface area contributed by atoms with Crippen LogP contribution in [-0.4, -0.2) is 59.8 Å². The van der Waals surface area contributed by atoms with Gasteiger partial charge in [-0.3, -0.25) is 0 Å². The van der Waals surface area contributed by atoms with Crippen LogP contribution in [0.1, 0.15) is 52.8 Å². The van der Waals surface area contributed by atoms with Gasteiger partial charge in [0.1, 0.15) is 0 Å². The summed E-state index contributed by atoms with van der Waals surface area (Å²) in [5.74, 6) is 0.719. The molecule has 8 heteroatoms. The van der Waals surface area contributed by atoms with Gasteiger partial charge >= 0.3 is 273 Å². The van der Waals surface area contributed by atoms with E-state index in [9.17, 15) is 0 Å². The Bertz CT molecular complexity index is 1640. The van der Waals surface area contributed by atoms with Crippen molar-refractivity contribution in [3.05, 3.63) is 87.5 Å². The predicted molar refractivity (Wildman–Crippen MR) is 188 cm³/mol. The first-order valence-electron chi connectivity index (χ1n) is 14.7. The van der Waals surface area contributed by atoms with Gasteiger partial charge in [0.05, 0.1) is 0 Å². The van der Waals surface area contributed by atoms with Gasteiger partial charge < -0.3 is 0 Å². The standard InChI is InChI=1S/C25H36N3.C10H12O.3ClH.Ru/c1-17-10-19(3)24(20(4)11-17)26-14-23(15-28(7,8)9)27(16-26)25-21(5)12-18(2)13-22(25)6;1-8(2)11-10-7-5-4-6-9(10)3;;;;/h10-13,23H,14-15H2,1-9H3;3-8H,1-2H3;3*1H;/q+1;;;;;-2/p-3. The maximum atomic E-state index is 7.81. The van der Waals surface area contributed by atoms with Crippen molar-refractivity contribution in [3.63, 3.8) is 0 Å². The number of nitrogens with zero attached hydrogens (tertiary/aromatic N) is 3. The first kappa shape index (κ1) is 34.1. The van der Waals surface area contributed by atoms with Crippen LogP contribution in [0.4, 0.5) is 11.4 Å². The van der Waals surface area contributed by atoms with Crippen molar-refractivity contribution in [2.24, 2.45) is 0 Å². The SMILES string of the molecule is Cc1cc(C)c(N2CC(C[N+](C)(C)C)N(c3c(C)cc(C)cc3C)[C]2=[Ru-5]([Cl])([Cl])([Cl])=[CH]c2ccccc2OC(C)C)c(C)c1. The monoisotopic (exact) mass is 733 g/mol. The molecule has 1 unspecified atom stereocenters. The van der Waals surface area contributed by atoms with Crippen molar-refractivity contribution >= 4 is 49.4 Å². The fourth-order valence-corrected chi connectivity index (χ4v) is 14.3. The molecule has 43 heavy (non-hydrogen) atoms. The van der Waals surface area contributed by atoms with Gasteiger partial charge in [0.25, 0.3) is 0 Å². The number of hydrogen-bond donors (Lipinski definition) is 0. The zero-order valence-electron chi connectivity index (χ0n) is 27.5. The Morgan fingerprint density at radius 1 is 0.837 bits per heavy atom. The Kier molecular flexibility index (Phi) is 9.70. The summed E-state index contributed by atoms with van der Waals surface area (Å²) in [5.41, 5.74) is 10.2. The van der Waals surface area contributed by atoms with Gasteiger partial charge in [-0.1, -0.05) is 0 Å². The van der Waals surface area contributed by atoms with Crippen LogP contribution in [0.2, 0.25) is 0 Å². The van der Waals surface area contributed by atoms with E-state index in [1.807, 2.05) is 42.7 Å². The Balaban J connectivity index is 2.21. The molecule has 1 aliphatic rings. The molecule has 0 bridgehead atoms. The summed E-state index contributed by atoms with van der Waals surface area (Å²) >= 11 is 0. The zero-order valence-corrected chi connectivity index (χ0v) is 31.5. The average molecular weight is 734 g/mol. The van der Waals surface area contributed by atoms with E-state index in [4.69, 9.17) is 33.8 Å². The van der Waals surface area contributed by atoms with Crippen molar-refractivity contribution in [3.8, 4) is 5.75 Å². The summed E-state index contributed by atoms with van der Waals surface area (Å²) in [6.45, 7) is 18.6. The molecule has 0 aliphatic carbocycles. The molecule has 0 amide bonds. The average Bonchev–Trinajstić information content (AvgIpc) is 3.16. The van der Waals surface area contributed by atoms with Crippen molar-refractivity contribution < 1.29 is 18.9 Å². The van der Waals surface area contributed by atoms with Crippen LogP contribution in [0.5, 0.6) is 5.75 Å². The number of quaternary nitrogens is 1. The van der Waals surface area contributed by atoms with Crippen molar-refractivity contribution in [1.82, 2.24) is 0 Å². The summed E-state index contributed by atoms with van der Waals surface area (Å²) in [5, 5.41) is 0. The molecular formula is C35H48Cl3N3ORu-4. The molecule has 0 aromatic heterocycles. The van der Waals surface area contributed by atoms with E-state index < -0.39 is 9.72 Å². The number of rotatable bonds is 7. The fourth-order valence-electron chi connectivity index (χ4n) is 6.48. The predicted octanol–water partition coefficient (Wildman–Crippen LogP) is 8.81. The maximum absolute atomic E-state index is 7.81. The van der Waals surface area contributed by atoms with E-state index in [1.165, 1.54) is 33.4 Å². The quantitative estimate of drug-likeness (QED) is 0.178. The number of para-hydroxylation sites is 1. The summed E-state index contributed by atoms with van der Waals surface area (Å²) in [6.07, 6.45) is -0.0102. The molecular weight excluding hydrogens is 686 g/mol. The molecule has 0 saturated carbocycles. The van der Waals surface area contributed by atoms with Crippen LogP contribution in [-0.2, 0) is 9.72 Å². The minimum atomic E-state index is -5.07. The van der Waals surface area contributed by atoms with E-state index in [-0.39, 0.29) is 12.1 Å². The third-order valence-electron chi connectivity index (χ3n) is 7.54. The van der Waals surface area contributed by atoms with Crippen molar-refractivity contribution in [1.29, 1.82) is 0 Å². The number of anilines is 2. The second-order valence-electron chi connectivity index (χ2n) is 13.4. The fraction of sp³-hybridized carbons (Fsp3) is 0.429. The molecule has 3 aromatic rings. The second kappa shape index (κ2) is 12.2. The van der Waals surface area contributed by atoms with Gasteiger partial charge in [0, 0.05) is 0 Å². The molecule has 3 aromatic carbocycles. The summed E-state index contributed by atoms with van der Waals surface area (Å²) in [6, 6.07) is 16.9. The molecule has 1 fully saturated rings. The van der Waals surface area contributed by atoms with Crippen LogP contribution >= 0.6 is 29.1 Å². The molecule has 1 atom stereocenters. The third kappa shape index (κ3) is 7.56.